The van der Waals surface area contributed by atoms with Crippen LogP contribution in [0.2, 0.25) is 0 Å². The van der Waals surface area contributed by atoms with Crippen molar-refractivity contribution in [3.05, 3.63) is 64.7 Å². The molecule has 0 bridgehead atoms. The van der Waals surface area contributed by atoms with Crippen molar-refractivity contribution in [1.29, 1.82) is 0 Å². The summed E-state index contributed by atoms with van der Waals surface area (Å²) in [7, 11) is 1.59. The van der Waals surface area contributed by atoms with Gasteiger partial charge in [0.25, 0.3) is 0 Å². The second-order valence-corrected chi connectivity index (χ2v) is 6.98. The number of carboxylic acid groups (broad SMARTS) is 1. The zero-order valence-electron chi connectivity index (χ0n) is 15.3. The molecule has 0 fully saturated rings. The number of thiazole rings is 1. The molecule has 0 unspecified atom stereocenters. The monoisotopic (exact) mass is 383 g/mol. The zero-order valence-corrected chi connectivity index (χ0v) is 16.1. The first-order valence-electron chi connectivity index (χ1n) is 8.70. The Morgan fingerprint density at radius 3 is 2.59 bits per heavy atom. The van der Waals surface area contributed by atoms with E-state index in [-0.39, 0.29) is 4.88 Å². The van der Waals surface area contributed by atoms with Gasteiger partial charge < -0.3 is 14.6 Å². The van der Waals surface area contributed by atoms with Crippen molar-refractivity contribution in [2.24, 2.45) is 0 Å². The molecule has 0 saturated carbocycles. The summed E-state index contributed by atoms with van der Waals surface area (Å²) in [4.78, 5) is 16.5. The first-order chi connectivity index (χ1) is 13.1. The summed E-state index contributed by atoms with van der Waals surface area (Å²) in [5.41, 5.74) is 2.40. The quantitative estimate of drug-likeness (QED) is 0.599. The Labute approximate surface area is 162 Å². The third kappa shape index (κ3) is 4.46. The van der Waals surface area contributed by atoms with E-state index in [4.69, 9.17) is 9.47 Å². The SMILES string of the molecule is CCCOc1ccc(-c2nc(Cc3ccccc3)c(C(=O)O)s2)cc1OC. The van der Waals surface area contributed by atoms with Crippen LogP contribution in [-0.4, -0.2) is 29.8 Å². The van der Waals surface area contributed by atoms with Crippen LogP contribution in [-0.2, 0) is 6.42 Å². The van der Waals surface area contributed by atoms with E-state index < -0.39 is 5.97 Å². The average Bonchev–Trinajstić information content (AvgIpc) is 3.11. The highest BCUT2D eigenvalue weighted by Crippen LogP contribution is 2.35. The minimum atomic E-state index is -0.959. The van der Waals surface area contributed by atoms with Crippen molar-refractivity contribution in [3.63, 3.8) is 0 Å². The number of methoxy groups -OCH3 is 1. The van der Waals surface area contributed by atoms with Crippen LogP contribution in [0.3, 0.4) is 0 Å². The molecular formula is C21H21NO4S. The lowest BCUT2D eigenvalue weighted by Gasteiger charge is -2.10. The number of carboxylic acids is 1. The molecule has 0 amide bonds. The van der Waals surface area contributed by atoms with Gasteiger partial charge in [-0.2, -0.15) is 0 Å². The number of ether oxygens (including phenoxy) is 2. The van der Waals surface area contributed by atoms with Crippen LogP contribution in [0.4, 0.5) is 0 Å². The van der Waals surface area contributed by atoms with Crippen LogP contribution in [0, 0.1) is 0 Å². The fourth-order valence-corrected chi connectivity index (χ4v) is 3.60. The average molecular weight is 383 g/mol. The molecule has 0 aliphatic rings. The Balaban J connectivity index is 1.95. The van der Waals surface area contributed by atoms with E-state index in [0.29, 0.717) is 35.2 Å². The highest BCUT2D eigenvalue weighted by Gasteiger charge is 2.19. The molecule has 140 valence electrons. The number of hydrogen-bond acceptors (Lipinski definition) is 5. The van der Waals surface area contributed by atoms with E-state index in [1.165, 1.54) is 11.3 Å². The highest BCUT2D eigenvalue weighted by atomic mass is 32.1. The molecule has 1 aromatic heterocycles. The summed E-state index contributed by atoms with van der Waals surface area (Å²) < 4.78 is 11.1. The molecule has 2 aromatic carbocycles. The summed E-state index contributed by atoms with van der Waals surface area (Å²) in [6, 6.07) is 15.3. The van der Waals surface area contributed by atoms with E-state index in [1.807, 2.05) is 55.5 Å². The van der Waals surface area contributed by atoms with Crippen LogP contribution >= 0.6 is 11.3 Å². The van der Waals surface area contributed by atoms with Gasteiger partial charge in [0.1, 0.15) is 9.88 Å². The highest BCUT2D eigenvalue weighted by molar-refractivity contribution is 7.17. The normalized spacial score (nSPS) is 10.6. The van der Waals surface area contributed by atoms with Crippen LogP contribution in [0.15, 0.2) is 48.5 Å². The topological polar surface area (TPSA) is 68.7 Å². The van der Waals surface area contributed by atoms with Crippen LogP contribution < -0.4 is 9.47 Å². The summed E-state index contributed by atoms with van der Waals surface area (Å²) in [6.07, 6.45) is 1.38. The smallest absolute Gasteiger partial charge is 0.347 e. The fraction of sp³-hybridized carbons (Fsp3) is 0.238. The summed E-state index contributed by atoms with van der Waals surface area (Å²) >= 11 is 1.18. The second-order valence-electron chi connectivity index (χ2n) is 5.98. The Bertz CT molecular complexity index is 921. The molecule has 1 N–H and O–H groups in total. The van der Waals surface area contributed by atoms with E-state index in [9.17, 15) is 9.90 Å². The van der Waals surface area contributed by atoms with E-state index in [2.05, 4.69) is 4.98 Å². The lowest BCUT2D eigenvalue weighted by atomic mass is 10.1. The number of hydrogen-bond donors (Lipinski definition) is 1. The molecule has 6 heteroatoms. The van der Waals surface area contributed by atoms with Crippen LogP contribution in [0.25, 0.3) is 10.6 Å². The standard InChI is InChI=1S/C21H21NO4S/c1-3-11-26-17-10-9-15(13-18(17)25-2)20-22-16(19(27-20)21(23)24)12-14-7-5-4-6-8-14/h4-10,13H,3,11-12H2,1-2H3,(H,23,24). The predicted octanol–water partition coefficient (Wildman–Crippen LogP) is 4.90. The molecular weight excluding hydrogens is 362 g/mol. The second kappa shape index (κ2) is 8.68. The van der Waals surface area contributed by atoms with Crippen molar-refractivity contribution in [2.45, 2.75) is 19.8 Å². The minimum absolute atomic E-state index is 0.263. The molecule has 3 rings (SSSR count). The van der Waals surface area contributed by atoms with Gasteiger partial charge in [-0.15, -0.1) is 11.3 Å². The zero-order chi connectivity index (χ0) is 19.2. The van der Waals surface area contributed by atoms with Crippen LogP contribution in [0.5, 0.6) is 11.5 Å². The van der Waals surface area contributed by atoms with E-state index in [1.54, 1.807) is 7.11 Å². The third-order valence-electron chi connectivity index (χ3n) is 3.98. The predicted molar refractivity (Wildman–Crippen MR) is 106 cm³/mol. The molecule has 0 atom stereocenters. The molecule has 27 heavy (non-hydrogen) atoms. The number of aromatic nitrogens is 1. The number of rotatable bonds is 8. The van der Waals surface area contributed by atoms with Gasteiger partial charge in [0.15, 0.2) is 11.5 Å². The molecule has 1 heterocycles. The van der Waals surface area contributed by atoms with Gasteiger partial charge in [0.2, 0.25) is 0 Å². The van der Waals surface area contributed by atoms with Crippen molar-refractivity contribution in [2.75, 3.05) is 13.7 Å². The molecule has 0 spiro atoms. The number of nitrogens with zero attached hydrogens (tertiary/aromatic N) is 1. The Morgan fingerprint density at radius 1 is 1.15 bits per heavy atom. The van der Waals surface area contributed by atoms with E-state index >= 15 is 0 Å². The number of aromatic carboxylic acids is 1. The van der Waals surface area contributed by atoms with Gasteiger partial charge >= 0.3 is 5.97 Å². The summed E-state index contributed by atoms with van der Waals surface area (Å²) in [5.74, 6) is 0.319. The fourth-order valence-electron chi connectivity index (χ4n) is 2.68. The molecule has 0 aliphatic carbocycles. The molecule has 0 saturated heterocycles. The van der Waals surface area contributed by atoms with Gasteiger partial charge in [-0.05, 0) is 30.2 Å². The molecule has 5 nitrogen and oxygen atoms in total. The molecule has 0 aliphatic heterocycles. The Morgan fingerprint density at radius 2 is 1.93 bits per heavy atom. The minimum Gasteiger partial charge on any atom is -0.493 e. The van der Waals surface area contributed by atoms with Gasteiger partial charge in [-0.1, -0.05) is 37.3 Å². The summed E-state index contributed by atoms with van der Waals surface area (Å²) in [5, 5.41) is 10.2. The Kier molecular flexibility index (Phi) is 6.08. The van der Waals surface area contributed by atoms with Gasteiger partial charge in [-0.3, -0.25) is 0 Å². The number of carbonyl (C=O) groups is 1. The maximum atomic E-state index is 11.7. The van der Waals surface area contributed by atoms with E-state index in [0.717, 1.165) is 17.5 Å². The Hall–Kier alpha value is -2.86. The van der Waals surface area contributed by atoms with Crippen LogP contribution in [0.1, 0.15) is 34.3 Å². The van der Waals surface area contributed by atoms with Crippen molar-refractivity contribution < 1.29 is 19.4 Å². The largest absolute Gasteiger partial charge is 0.493 e. The first kappa shape index (κ1) is 18.9. The maximum absolute atomic E-state index is 11.7. The van der Waals surface area contributed by atoms with Crippen molar-refractivity contribution in [1.82, 2.24) is 4.98 Å². The molecule has 0 radical (unpaired) electrons. The lowest BCUT2D eigenvalue weighted by Crippen LogP contribution is -1.99. The summed E-state index contributed by atoms with van der Waals surface area (Å²) in [6.45, 7) is 2.65. The van der Waals surface area contributed by atoms with Gasteiger partial charge in [0.05, 0.1) is 19.4 Å². The van der Waals surface area contributed by atoms with Crippen molar-refractivity contribution in [3.8, 4) is 22.1 Å². The van der Waals surface area contributed by atoms with Gasteiger partial charge in [0, 0.05) is 12.0 Å². The molecule has 3 aromatic rings. The maximum Gasteiger partial charge on any atom is 0.347 e. The van der Waals surface area contributed by atoms with Gasteiger partial charge in [-0.25, -0.2) is 9.78 Å². The third-order valence-corrected chi connectivity index (χ3v) is 5.11. The van der Waals surface area contributed by atoms with Crippen molar-refractivity contribution >= 4 is 17.3 Å². The number of benzene rings is 2. The lowest BCUT2D eigenvalue weighted by molar-refractivity contribution is 0.0701. The first-order valence-corrected chi connectivity index (χ1v) is 9.52.